The lowest BCUT2D eigenvalue weighted by atomic mass is 9.91. The highest BCUT2D eigenvalue weighted by Crippen LogP contribution is 2.29. The average molecular weight is 292 g/mol. The molecule has 0 aliphatic heterocycles. The maximum atomic E-state index is 9.32. The zero-order chi connectivity index (χ0) is 12.8. The lowest BCUT2D eigenvalue weighted by molar-refractivity contribution is 0.571. The molecule has 17 heavy (non-hydrogen) atoms. The van der Waals surface area contributed by atoms with Crippen molar-refractivity contribution in [2.24, 2.45) is 0 Å². The van der Waals surface area contributed by atoms with Crippen LogP contribution in [0.1, 0.15) is 37.7 Å². The van der Waals surface area contributed by atoms with Crippen LogP contribution in [0.4, 0.5) is 0 Å². The van der Waals surface area contributed by atoms with Gasteiger partial charge in [-0.1, -0.05) is 20.8 Å². The molecule has 0 atom stereocenters. The molecule has 2 aromatic heterocycles. The Morgan fingerprint density at radius 1 is 1.41 bits per heavy atom. The Kier molecular flexibility index (Phi) is 2.75. The van der Waals surface area contributed by atoms with Crippen LogP contribution in [0, 0.1) is 18.3 Å². The van der Waals surface area contributed by atoms with Crippen molar-refractivity contribution in [2.45, 2.75) is 33.1 Å². The van der Waals surface area contributed by atoms with E-state index in [0.29, 0.717) is 5.69 Å². The number of pyridine rings is 1. The van der Waals surface area contributed by atoms with Crippen LogP contribution in [-0.2, 0) is 5.41 Å². The second-order valence-corrected chi connectivity index (χ2v) is 6.08. The van der Waals surface area contributed by atoms with E-state index in [-0.39, 0.29) is 5.41 Å². The first-order chi connectivity index (χ1) is 7.84. The van der Waals surface area contributed by atoms with Crippen molar-refractivity contribution in [1.29, 1.82) is 5.26 Å². The highest BCUT2D eigenvalue weighted by Gasteiger charge is 2.24. The Morgan fingerprint density at radius 3 is 2.59 bits per heavy atom. The number of fused-ring (bicyclic) bond motifs is 1. The molecule has 0 unspecified atom stereocenters. The first-order valence-electron chi connectivity index (χ1n) is 5.43. The number of nitrogens with zero attached hydrogens (tertiary/aromatic N) is 3. The molecule has 0 radical (unpaired) electrons. The van der Waals surface area contributed by atoms with Gasteiger partial charge >= 0.3 is 0 Å². The van der Waals surface area contributed by atoms with E-state index in [4.69, 9.17) is 0 Å². The molecular formula is C13H14BrN3. The van der Waals surface area contributed by atoms with E-state index in [1.165, 1.54) is 0 Å². The van der Waals surface area contributed by atoms with Gasteiger partial charge in [-0.05, 0) is 34.5 Å². The van der Waals surface area contributed by atoms with E-state index in [0.717, 1.165) is 21.4 Å². The maximum Gasteiger partial charge on any atom is 0.152 e. The van der Waals surface area contributed by atoms with Crippen LogP contribution in [0.25, 0.3) is 5.65 Å². The minimum atomic E-state index is -0.134. The second kappa shape index (κ2) is 3.85. The van der Waals surface area contributed by atoms with Crippen LogP contribution in [0.3, 0.4) is 0 Å². The minimum Gasteiger partial charge on any atom is -0.290 e. The summed E-state index contributed by atoms with van der Waals surface area (Å²) in [5.41, 5.74) is 3.23. The van der Waals surface area contributed by atoms with Crippen LogP contribution >= 0.6 is 15.9 Å². The van der Waals surface area contributed by atoms with Gasteiger partial charge in [0, 0.05) is 11.6 Å². The summed E-state index contributed by atoms with van der Waals surface area (Å²) in [6.45, 7) is 8.20. The summed E-state index contributed by atoms with van der Waals surface area (Å²) in [4.78, 5) is 4.59. The number of imidazole rings is 1. The number of aromatic nitrogens is 2. The molecule has 0 N–H and O–H groups in total. The summed E-state index contributed by atoms with van der Waals surface area (Å²) >= 11 is 3.50. The van der Waals surface area contributed by atoms with E-state index in [1.807, 2.05) is 23.6 Å². The summed E-state index contributed by atoms with van der Waals surface area (Å²) in [7, 11) is 0. The molecule has 0 saturated heterocycles. The van der Waals surface area contributed by atoms with Crippen molar-refractivity contribution in [2.75, 3.05) is 0 Å². The van der Waals surface area contributed by atoms with Crippen molar-refractivity contribution in [3.8, 4) is 6.07 Å². The quantitative estimate of drug-likeness (QED) is 0.744. The lowest BCUT2D eigenvalue weighted by Gasteiger charge is -2.15. The molecule has 2 rings (SSSR count). The van der Waals surface area contributed by atoms with E-state index in [1.54, 1.807) is 0 Å². The molecule has 0 aromatic carbocycles. The van der Waals surface area contributed by atoms with Crippen LogP contribution in [0.15, 0.2) is 16.7 Å². The summed E-state index contributed by atoms with van der Waals surface area (Å²) in [6, 6.07) is 4.27. The number of nitriles is 1. The van der Waals surface area contributed by atoms with Crippen molar-refractivity contribution >= 4 is 21.6 Å². The third kappa shape index (κ3) is 1.96. The molecule has 0 aliphatic rings. The Hall–Kier alpha value is -1.34. The molecule has 0 spiro atoms. The molecule has 0 bridgehead atoms. The molecule has 2 heterocycles. The normalized spacial score (nSPS) is 11.8. The summed E-state index contributed by atoms with van der Waals surface area (Å²) in [5.74, 6) is 0. The highest BCUT2D eigenvalue weighted by atomic mass is 79.9. The molecule has 0 fully saturated rings. The molecule has 0 saturated carbocycles. The number of hydrogen-bond donors (Lipinski definition) is 0. The fourth-order valence-electron chi connectivity index (χ4n) is 1.86. The Labute approximate surface area is 109 Å². The molecule has 88 valence electrons. The van der Waals surface area contributed by atoms with Gasteiger partial charge in [0.2, 0.25) is 0 Å². The zero-order valence-corrected chi connectivity index (χ0v) is 12.0. The SMILES string of the molecule is Cc1cc(Br)c2nc(C(C)(C)C)c(C#N)n2c1. The minimum absolute atomic E-state index is 0.134. The van der Waals surface area contributed by atoms with E-state index < -0.39 is 0 Å². The van der Waals surface area contributed by atoms with Gasteiger partial charge in [0.1, 0.15) is 11.8 Å². The Bertz CT molecular complexity index is 627. The topological polar surface area (TPSA) is 41.1 Å². The molecule has 0 aliphatic carbocycles. The standard InChI is InChI=1S/C13H14BrN3/c1-8-5-9(14)12-16-11(13(2,3)4)10(6-15)17(12)7-8/h5,7H,1-4H3. The second-order valence-electron chi connectivity index (χ2n) is 5.23. The van der Waals surface area contributed by atoms with Crippen LogP contribution in [0.5, 0.6) is 0 Å². The average Bonchev–Trinajstić information content (AvgIpc) is 2.55. The monoisotopic (exact) mass is 291 g/mol. The number of rotatable bonds is 0. The van der Waals surface area contributed by atoms with Crippen LogP contribution in [0.2, 0.25) is 0 Å². The Morgan fingerprint density at radius 2 is 2.06 bits per heavy atom. The van der Waals surface area contributed by atoms with Crippen molar-refractivity contribution in [3.63, 3.8) is 0 Å². The van der Waals surface area contributed by atoms with Crippen LogP contribution in [-0.4, -0.2) is 9.38 Å². The molecular weight excluding hydrogens is 278 g/mol. The molecule has 0 amide bonds. The number of hydrogen-bond acceptors (Lipinski definition) is 2. The van der Waals surface area contributed by atoms with Gasteiger partial charge in [0.25, 0.3) is 0 Å². The van der Waals surface area contributed by atoms with Crippen molar-refractivity contribution < 1.29 is 0 Å². The summed E-state index contributed by atoms with van der Waals surface area (Å²) in [5, 5.41) is 9.32. The summed E-state index contributed by atoms with van der Waals surface area (Å²) in [6.07, 6.45) is 1.95. The Balaban J connectivity index is 2.91. The maximum absolute atomic E-state index is 9.32. The first-order valence-corrected chi connectivity index (χ1v) is 6.22. The lowest BCUT2D eigenvalue weighted by Crippen LogP contribution is -2.13. The van der Waals surface area contributed by atoms with Crippen LogP contribution < -0.4 is 0 Å². The predicted octanol–water partition coefficient (Wildman–Crippen LogP) is 3.57. The number of aryl methyl sites for hydroxylation is 1. The molecule has 3 nitrogen and oxygen atoms in total. The van der Waals surface area contributed by atoms with Crippen molar-refractivity contribution in [3.05, 3.63) is 33.7 Å². The van der Waals surface area contributed by atoms with E-state index in [2.05, 4.69) is 47.8 Å². The van der Waals surface area contributed by atoms with Gasteiger partial charge < -0.3 is 0 Å². The van der Waals surface area contributed by atoms with Gasteiger partial charge in [0.05, 0.1) is 10.2 Å². The van der Waals surface area contributed by atoms with E-state index >= 15 is 0 Å². The fourth-order valence-corrected chi connectivity index (χ4v) is 2.50. The van der Waals surface area contributed by atoms with Gasteiger partial charge in [-0.3, -0.25) is 4.40 Å². The van der Waals surface area contributed by atoms with Gasteiger partial charge in [0.15, 0.2) is 5.65 Å². The highest BCUT2D eigenvalue weighted by molar-refractivity contribution is 9.10. The van der Waals surface area contributed by atoms with Crippen molar-refractivity contribution in [1.82, 2.24) is 9.38 Å². The third-order valence-corrected chi connectivity index (χ3v) is 3.21. The molecule has 2 aromatic rings. The summed E-state index contributed by atoms with van der Waals surface area (Å²) < 4.78 is 2.78. The largest absolute Gasteiger partial charge is 0.290 e. The molecule has 4 heteroatoms. The number of halogens is 1. The smallest absolute Gasteiger partial charge is 0.152 e. The van der Waals surface area contributed by atoms with Gasteiger partial charge in [-0.25, -0.2) is 4.98 Å². The fraction of sp³-hybridized carbons (Fsp3) is 0.385. The first kappa shape index (κ1) is 12.1. The predicted molar refractivity (Wildman–Crippen MR) is 71.0 cm³/mol. The van der Waals surface area contributed by atoms with E-state index in [9.17, 15) is 5.26 Å². The zero-order valence-electron chi connectivity index (χ0n) is 10.4. The van der Waals surface area contributed by atoms with Gasteiger partial charge in [-0.15, -0.1) is 0 Å². The third-order valence-electron chi connectivity index (χ3n) is 2.63. The van der Waals surface area contributed by atoms with Gasteiger partial charge in [-0.2, -0.15) is 5.26 Å².